The summed E-state index contributed by atoms with van der Waals surface area (Å²) in [6.45, 7) is 1.65. The van der Waals surface area contributed by atoms with E-state index >= 15 is 0 Å². The van der Waals surface area contributed by atoms with Crippen molar-refractivity contribution < 1.29 is 13.2 Å². The number of halogens is 4. The molecule has 1 aromatic heterocycles. The summed E-state index contributed by atoms with van der Waals surface area (Å²) >= 11 is 3.17. The predicted octanol–water partition coefficient (Wildman–Crippen LogP) is 3.96. The van der Waals surface area contributed by atoms with Gasteiger partial charge in [-0.1, -0.05) is 15.9 Å². The standard InChI is InChI=1S/C11H8BrF3N2/c1-7-16-4-5-17(7)10-6-8(12)2-3-9(10)11(13,14)15/h2-6H,1H3. The molecule has 17 heavy (non-hydrogen) atoms. The number of alkyl halides is 3. The van der Waals surface area contributed by atoms with Crippen LogP contribution in [0, 0.1) is 6.92 Å². The smallest absolute Gasteiger partial charge is 0.303 e. The van der Waals surface area contributed by atoms with Gasteiger partial charge in [-0.15, -0.1) is 0 Å². The molecule has 1 heterocycles. The van der Waals surface area contributed by atoms with Crippen molar-refractivity contribution in [2.24, 2.45) is 0 Å². The number of benzene rings is 1. The van der Waals surface area contributed by atoms with E-state index in [-0.39, 0.29) is 5.69 Å². The molecule has 0 aliphatic heterocycles. The van der Waals surface area contributed by atoms with Gasteiger partial charge in [-0.25, -0.2) is 4.98 Å². The Morgan fingerprint density at radius 1 is 1.29 bits per heavy atom. The van der Waals surface area contributed by atoms with Gasteiger partial charge in [0, 0.05) is 16.9 Å². The molecular formula is C11H8BrF3N2. The molecule has 0 unspecified atom stereocenters. The summed E-state index contributed by atoms with van der Waals surface area (Å²) in [5.41, 5.74) is -0.608. The molecule has 0 saturated carbocycles. The summed E-state index contributed by atoms with van der Waals surface area (Å²) < 4.78 is 40.6. The van der Waals surface area contributed by atoms with Crippen LogP contribution >= 0.6 is 15.9 Å². The first-order chi connectivity index (χ1) is 7.89. The van der Waals surface area contributed by atoms with Crippen molar-refractivity contribution in [3.05, 3.63) is 46.5 Å². The molecular weight excluding hydrogens is 297 g/mol. The van der Waals surface area contributed by atoms with Crippen LogP contribution in [0.4, 0.5) is 13.2 Å². The molecule has 0 fully saturated rings. The molecule has 0 radical (unpaired) electrons. The van der Waals surface area contributed by atoms with Gasteiger partial charge in [-0.2, -0.15) is 13.2 Å². The first-order valence-corrected chi connectivity index (χ1v) is 5.56. The second kappa shape index (κ2) is 4.18. The maximum absolute atomic E-state index is 12.9. The quantitative estimate of drug-likeness (QED) is 0.780. The molecule has 2 nitrogen and oxygen atoms in total. The van der Waals surface area contributed by atoms with Crippen molar-refractivity contribution in [2.45, 2.75) is 13.1 Å². The zero-order valence-electron chi connectivity index (χ0n) is 8.79. The molecule has 0 bridgehead atoms. The third-order valence-corrected chi connectivity index (χ3v) is 2.84. The van der Waals surface area contributed by atoms with Gasteiger partial charge in [0.05, 0.1) is 11.3 Å². The van der Waals surface area contributed by atoms with Gasteiger partial charge in [0.15, 0.2) is 0 Å². The minimum Gasteiger partial charge on any atom is -0.303 e. The lowest BCUT2D eigenvalue weighted by atomic mass is 10.1. The van der Waals surface area contributed by atoms with Crippen molar-refractivity contribution in [3.8, 4) is 5.69 Å². The number of rotatable bonds is 1. The van der Waals surface area contributed by atoms with E-state index in [0.717, 1.165) is 6.07 Å². The Bertz CT molecular complexity index is 546. The third kappa shape index (κ3) is 2.36. The van der Waals surface area contributed by atoms with E-state index in [0.29, 0.717) is 10.3 Å². The minimum atomic E-state index is -4.38. The van der Waals surface area contributed by atoms with Crippen LogP contribution in [0.15, 0.2) is 35.1 Å². The van der Waals surface area contributed by atoms with Crippen LogP contribution in [-0.4, -0.2) is 9.55 Å². The van der Waals surface area contributed by atoms with E-state index in [4.69, 9.17) is 0 Å². The zero-order valence-corrected chi connectivity index (χ0v) is 10.4. The summed E-state index contributed by atoms with van der Waals surface area (Å²) in [6, 6.07) is 3.86. The Morgan fingerprint density at radius 3 is 2.53 bits per heavy atom. The molecule has 6 heteroatoms. The van der Waals surface area contributed by atoms with E-state index in [1.165, 1.54) is 29.1 Å². The molecule has 0 aliphatic carbocycles. The fourth-order valence-corrected chi connectivity index (χ4v) is 1.93. The molecule has 0 spiro atoms. The highest BCUT2D eigenvalue weighted by Gasteiger charge is 2.34. The Hall–Kier alpha value is -1.30. The lowest BCUT2D eigenvalue weighted by Crippen LogP contribution is -2.11. The minimum absolute atomic E-state index is 0.0712. The Labute approximate surface area is 104 Å². The van der Waals surface area contributed by atoms with Gasteiger partial charge in [0.1, 0.15) is 5.82 Å². The summed E-state index contributed by atoms with van der Waals surface area (Å²) in [6.07, 6.45) is -1.41. The molecule has 0 aliphatic rings. The molecule has 0 saturated heterocycles. The number of hydrogen-bond donors (Lipinski definition) is 0. The fourth-order valence-electron chi connectivity index (χ4n) is 1.58. The van der Waals surface area contributed by atoms with E-state index in [1.54, 1.807) is 6.92 Å². The van der Waals surface area contributed by atoms with Crippen LogP contribution in [0.1, 0.15) is 11.4 Å². The van der Waals surface area contributed by atoms with E-state index in [1.807, 2.05) is 0 Å². The van der Waals surface area contributed by atoms with E-state index in [9.17, 15) is 13.2 Å². The molecule has 1 aromatic carbocycles. The fraction of sp³-hybridized carbons (Fsp3) is 0.182. The molecule has 2 rings (SSSR count). The van der Waals surface area contributed by atoms with Gasteiger partial charge < -0.3 is 4.57 Å². The molecule has 90 valence electrons. The monoisotopic (exact) mass is 304 g/mol. The highest BCUT2D eigenvalue weighted by molar-refractivity contribution is 9.10. The van der Waals surface area contributed by atoms with E-state index in [2.05, 4.69) is 20.9 Å². The normalized spacial score (nSPS) is 11.8. The highest BCUT2D eigenvalue weighted by Crippen LogP contribution is 2.35. The molecule has 0 N–H and O–H groups in total. The van der Waals surface area contributed by atoms with Crippen LogP contribution in [0.3, 0.4) is 0 Å². The number of nitrogens with zero attached hydrogens (tertiary/aromatic N) is 2. The SMILES string of the molecule is Cc1nccn1-c1cc(Br)ccc1C(F)(F)F. The lowest BCUT2D eigenvalue weighted by molar-refractivity contribution is -0.137. The van der Waals surface area contributed by atoms with Crippen molar-refractivity contribution in [1.82, 2.24) is 9.55 Å². The van der Waals surface area contributed by atoms with Crippen molar-refractivity contribution >= 4 is 15.9 Å². The maximum atomic E-state index is 12.9. The second-order valence-corrected chi connectivity index (χ2v) is 4.42. The summed E-state index contributed by atoms with van der Waals surface area (Å²) in [4.78, 5) is 3.93. The number of aryl methyl sites for hydroxylation is 1. The van der Waals surface area contributed by atoms with Gasteiger partial charge in [0.2, 0.25) is 0 Å². The summed E-state index contributed by atoms with van der Waals surface area (Å²) in [5.74, 6) is 0.508. The summed E-state index contributed by atoms with van der Waals surface area (Å²) in [7, 11) is 0. The first kappa shape index (κ1) is 12.2. The van der Waals surface area contributed by atoms with Crippen molar-refractivity contribution in [3.63, 3.8) is 0 Å². The average Bonchev–Trinajstić information content (AvgIpc) is 2.62. The van der Waals surface area contributed by atoms with E-state index < -0.39 is 11.7 Å². The van der Waals surface area contributed by atoms with Gasteiger partial charge in [-0.3, -0.25) is 0 Å². The summed E-state index contributed by atoms with van der Waals surface area (Å²) in [5, 5.41) is 0. The second-order valence-electron chi connectivity index (χ2n) is 3.50. The number of hydrogen-bond acceptors (Lipinski definition) is 1. The molecule has 0 amide bonds. The zero-order chi connectivity index (χ0) is 12.6. The third-order valence-electron chi connectivity index (χ3n) is 2.35. The largest absolute Gasteiger partial charge is 0.418 e. The predicted molar refractivity (Wildman–Crippen MR) is 61.0 cm³/mol. The van der Waals surface area contributed by atoms with Gasteiger partial charge >= 0.3 is 6.18 Å². The maximum Gasteiger partial charge on any atom is 0.418 e. The highest BCUT2D eigenvalue weighted by atomic mass is 79.9. The van der Waals surface area contributed by atoms with Crippen molar-refractivity contribution in [2.75, 3.05) is 0 Å². The topological polar surface area (TPSA) is 17.8 Å². The van der Waals surface area contributed by atoms with Crippen LogP contribution in [-0.2, 0) is 6.18 Å². The van der Waals surface area contributed by atoms with Crippen molar-refractivity contribution in [1.29, 1.82) is 0 Å². The number of aromatic nitrogens is 2. The first-order valence-electron chi connectivity index (χ1n) is 4.76. The number of imidazole rings is 1. The van der Waals surface area contributed by atoms with Crippen LogP contribution in [0.25, 0.3) is 5.69 Å². The lowest BCUT2D eigenvalue weighted by Gasteiger charge is -2.14. The molecule has 0 atom stereocenters. The Kier molecular flexibility index (Phi) is 2.99. The van der Waals surface area contributed by atoms with Crippen LogP contribution in [0.2, 0.25) is 0 Å². The average molecular weight is 305 g/mol. The van der Waals surface area contributed by atoms with Gasteiger partial charge in [0.25, 0.3) is 0 Å². The Balaban J connectivity index is 2.68. The Morgan fingerprint density at radius 2 is 2.00 bits per heavy atom. The molecule has 2 aromatic rings. The van der Waals surface area contributed by atoms with Gasteiger partial charge in [-0.05, 0) is 25.1 Å². The van der Waals surface area contributed by atoms with Crippen LogP contribution in [0.5, 0.6) is 0 Å². The van der Waals surface area contributed by atoms with Crippen LogP contribution < -0.4 is 0 Å².